The standard InChI is InChI=1S/C14H21NO4/c1-14(2,3)19-13(17)11-9-5-6-10(12(16)18-4)15(11)8-7-9/h6,9,11H,5,7-8H2,1-4H3. The van der Waals surface area contributed by atoms with Gasteiger partial charge < -0.3 is 14.4 Å². The lowest BCUT2D eigenvalue weighted by Crippen LogP contribution is -2.46. The van der Waals surface area contributed by atoms with Gasteiger partial charge >= 0.3 is 11.9 Å². The van der Waals surface area contributed by atoms with Crippen molar-refractivity contribution < 1.29 is 19.1 Å². The molecule has 1 fully saturated rings. The maximum atomic E-state index is 12.3. The zero-order valence-electron chi connectivity index (χ0n) is 11.9. The van der Waals surface area contributed by atoms with Crippen LogP contribution in [-0.2, 0) is 19.1 Å². The fourth-order valence-electron chi connectivity index (χ4n) is 2.74. The number of nitrogens with zero attached hydrogens (tertiary/aromatic N) is 1. The van der Waals surface area contributed by atoms with Gasteiger partial charge in [-0.2, -0.15) is 0 Å². The van der Waals surface area contributed by atoms with Crippen LogP contribution < -0.4 is 0 Å². The van der Waals surface area contributed by atoms with E-state index in [-0.39, 0.29) is 23.9 Å². The Kier molecular flexibility index (Phi) is 3.56. The molecule has 2 aliphatic rings. The lowest BCUT2D eigenvalue weighted by atomic mass is 9.93. The minimum absolute atomic E-state index is 0.239. The van der Waals surface area contributed by atoms with E-state index in [1.54, 1.807) is 0 Å². The van der Waals surface area contributed by atoms with Crippen LogP contribution in [0.2, 0.25) is 0 Å². The van der Waals surface area contributed by atoms with E-state index < -0.39 is 5.60 Å². The second-order valence-corrected chi connectivity index (χ2v) is 6.04. The van der Waals surface area contributed by atoms with Gasteiger partial charge in [-0.3, -0.25) is 0 Å². The highest BCUT2D eigenvalue weighted by Gasteiger charge is 2.46. The van der Waals surface area contributed by atoms with Crippen molar-refractivity contribution in [2.45, 2.75) is 45.3 Å². The van der Waals surface area contributed by atoms with Crippen LogP contribution in [0.1, 0.15) is 33.6 Å². The first-order valence-corrected chi connectivity index (χ1v) is 6.61. The van der Waals surface area contributed by atoms with Crippen LogP contribution >= 0.6 is 0 Å². The first-order valence-electron chi connectivity index (χ1n) is 6.61. The van der Waals surface area contributed by atoms with E-state index in [4.69, 9.17) is 9.47 Å². The first-order chi connectivity index (χ1) is 8.83. The van der Waals surface area contributed by atoms with E-state index >= 15 is 0 Å². The van der Waals surface area contributed by atoms with Gasteiger partial charge in [-0.05, 0) is 39.5 Å². The third-order valence-electron chi connectivity index (χ3n) is 3.49. The molecule has 19 heavy (non-hydrogen) atoms. The second kappa shape index (κ2) is 4.87. The van der Waals surface area contributed by atoms with Crippen molar-refractivity contribution in [3.8, 4) is 0 Å². The molecule has 0 amide bonds. The van der Waals surface area contributed by atoms with Gasteiger partial charge in [-0.25, -0.2) is 9.59 Å². The number of fused-ring (bicyclic) bond motifs is 2. The summed E-state index contributed by atoms with van der Waals surface area (Å²) < 4.78 is 10.2. The molecule has 2 heterocycles. The van der Waals surface area contributed by atoms with Crippen molar-refractivity contribution in [3.63, 3.8) is 0 Å². The fourth-order valence-corrected chi connectivity index (χ4v) is 2.74. The summed E-state index contributed by atoms with van der Waals surface area (Å²) in [7, 11) is 1.35. The predicted molar refractivity (Wildman–Crippen MR) is 69.2 cm³/mol. The lowest BCUT2D eigenvalue weighted by Gasteiger charge is -2.34. The van der Waals surface area contributed by atoms with Crippen LogP contribution in [0.5, 0.6) is 0 Å². The summed E-state index contributed by atoms with van der Waals surface area (Å²) in [6.07, 6.45) is 3.50. The molecule has 2 rings (SSSR count). The van der Waals surface area contributed by atoms with Crippen LogP contribution in [0, 0.1) is 5.92 Å². The molecule has 5 nitrogen and oxygen atoms in total. The summed E-state index contributed by atoms with van der Waals surface area (Å²) in [6, 6.07) is -0.349. The summed E-state index contributed by atoms with van der Waals surface area (Å²) in [4.78, 5) is 25.8. The molecule has 0 spiro atoms. The predicted octanol–water partition coefficient (Wildman–Crippen LogP) is 1.48. The van der Waals surface area contributed by atoms with Crippen LogP contribution in [0.25, 0.3) is 0 Å². The third kappa shape index (κ3) is 2.74. The molecule has 0 N–H and O–H groups in total. The average molecular weight is 267 g/mol. The SMILES string of the molecule is COC(=O)C1=CCC2CCN1C2C(=O)OC(C)(C)C. The molecule has 0 aromatic rings. The van der Waals surface area contributed by atoms with Gasteiger partial charge in [0.05, 0.1) is 7.11 Å². The number of hydrogen-bond acceptors (Lipinski definition) is 5. The highest BCUT2D eigenvalue weighted by atomic mass is 16.6. The number of allylic oxidation sites excluding steroid dienone is 1. The molecule has 2 atom stereocenters. The fraction of sp³-hybridized carbons (Fsp3) is 0.714. The van der Waals surface area contributed by atoms with E-state index in [1.807, 2.05) is 31.7 Å². The smallest absolute Gasteiger partial charge is 0.354 e. The molecule has 5 heteroatoms. The molecule has 2 bridgehead atoms. The van der Waals surface area contributed by atoms with Gasteiger partial charge in [-0.1, -0.05) is 6.08 Å². The van der Waals surface area contributed by atoms with Crippen LogP contribution in [-0.4, -0.2) is 42.1 Å². The molecule has 0 saturated carbocycles. The Balaban J connectivity index is 2.17. The van der Waals surface area contributed by atoms with Gasteiger partial charge in [-0.15, -0.1) is 0 Å². The molecule has 106 valence electrons. The Hall–Kier alpha value is -1.52. The summed E-state index contributed by atoms with van der Waals surface area (Å²) >= 11 is 0. The van der Waals surface area contributed by atoms with Crippen molar-refractivity contribution in [1.29, 1.82) is 0 Å². The largest absolute Gasteiger partial charge is 0.464 e. The normalized spacial score (nSPS) is 25.9. The molecule has 2 unspecified atom stereocenters. The zero-order chi connectivity index (χ0) is 14.2. The quantitative estimate of drug-likeness (QED) is 0.709. The zero-order valence-corrected chi connectivity index (χ0v) is 11.9. The molecule has 0 aliphatic carbocycles. The number of esters is 2. The molecular weight excluding hydrogens is 246 g/mol. The van der Waals surface area contributed by atoms with Gasteiger partial charge in [0, 0.05) is 6.54 Å². The average Bonchev–Trinajstić information content (AvgIpc) is 2.61. The van der Waals surface area contributed by atoms with Crippen molar-refractivity contribution in [1.82, 2.24) is 4.90 Å². The lowest BCUT2D eigenvalue weighted by molar-refractivity contribution is -0.161. The van der Waals surface area contributed by atoms with Gasteiger partial charge in [0.1, 0.15) is 17.3 Å². The van der Waals surface area contributed by atoms with Crippen molar-refractivity contribution in [3.05, 3.63) is 11.8 Å². The molecule has 1 saturated heterocycles. The maximum Gasteiger partial charge on any atom is 0.354 e. The van der Waals surface area contributed by atoms with Gasteiger partial charge in [0.25, 0.3) is 0 Å². The molecule has 0 radical (unpaired) electrons. The highest BCUT2D eigenvalue weighted by Crippen LogP contribution is 2.37. The van der Waals surface area contributed by atoms with Gasteiger partial charge in [0.2, 0.25) is 0 Å². The Labute approximate surface area is 113 Å². The highest BCUT2D eigenvalue weighted by molar-refractivity contribution is 5.90. The minimum atomic E-state index is -0.510. The first kappa shape index (κ1) is 13.9. The molecule has 0 aromatic carbocycles. The van der Waals surface area contributed by atoms with E-state index in [9.17, 15) is 9.59 Å². The van der Waals surface area contributed by atoms with Crippen LogP contribution in [0.15, 0.2) is 11.8 Å². The Morgan fingerprint density at radius 2 is 2.05 bits per heavy atom. The van der Waals surface area contributed by atoms with E-state index in [0.29, 0.717) is 12.2 Å². The number of ether oxygens (including phenoxy) is 2. The van der Waals surface area contributed by atoms with Crippen molar-refractivity contribution in [2.24, 2.45) is 5.92 Å². The minimum Gasteiger partial charge on any atom is -0.464 e. The van der Waals surface area contributed by atoms with Crippen LogP contribution in [0.4, 0.5) is 0 Å². The summed E-state index contributed by atoms with van der Waals surface area (Å²) in [5.74, 6) is -0.387. The number of carbonyl (C=O) groups excluding carboxylic acids is 2. The molecular formula is C14H21NO4. The molecule has 0 aromatic heterocycles. The van der Waals surface area contributed by atoms with Crippen LogP contribution in [0.3, 0.4) is 0 Å². The second-order valence-electron chi connectivity index (χ2n) is 6.04. The third-order valence-corrected chi connectivity index (χ3v) is 3.49. The maximum absolute atomic E-state index is 12.3. The van der Waals surface area contributed by atoms with E-state index in [0.717, 1.165) is 12.8 Å². The van der Waals surface area contributed by atoms with E-state index in [1.165, 1.54) is 7.11 Å². The van der Waals surface area contributed by atoms with Gasteiger partial charge in [0.15, 0.2) is 0 Å². The Morgan fingerprint density at radius 1 is 1.37 bits per heavy atom. The van der Waals surface area contributed by atoms with Crippen molar-refractivity contribution in [2.75, 3.05) is 13.7 Å². The number of carbonyl (C=O) groups is 2. The molecule has 2 aliphatic heterocycles. The van der Waals surface area contributed by atoms with Crippen molar-refractivity contribution >= 4 is 11.9 Å². The topological polar surface area (TPSA) is 55.8 Å². The summed E-state index contributed by atoms with van der Waals surface area (Å²) in [5.41, 5.74) is -0.0170. The summed E-state index contributed by atoms with van der Waals surface area (Å²) in [5, 5.41) is 0. The number of methoxy groups -OCH3 is 1. The summed E-state index contributed by atoms with van der Waals surface area (Å²) in [6.45, 7) is 6.25. The Bertz CT molecular complexity index is 422. The Morgan fingerprint density at radius 3 is 2.63 bits per heavy atom. The number of hydrogen-bond donors (Lipinski definition) is 0. The number of rotatable bonds is 2. The monoisotopic (exact) mass is 267 g/mol. The van der Waals surface area contributed by atoms with E-state index in [2.05, 4.69) is 0 Å².